The van der Waals surface area contributed by atoms with E-state index in [2.05, 4.69) is 169 Å². The molecule has 0 radical (unpaired) electrons. The molecule has 230 valence electrons. The standard InChI is InChI=1S/C46H29NOS/c1-2-10-32-28-35(20-19-30(32)9-1)34-12-7-11-33(27-34)31-21-23-36(24-22-31)47(37-25-26-43-40(29-37)38-13-3-5-16-42(38)48-43)41-15-8-18-45-46(41)39-14-4-6-17-44(39)49-45/h1-29H. The fourth-order valence-electron chi connectivity index (χ4n) is 7.27. The van der Waals surface area contributed by atoms with Crippen molar-refractivity contribution in [3.63, 3.8) is 0 Å². The third-order valence-electron chi connectivity index (χ3n) is 9.64. The summed E-state index contributed by atoms with van der Waals surface area (Å²) < 4.78 is 8.80. The van der Waals surface area contributed by atoms with Crippen molar-refractivity contribution in [2.24, 2.45) is 0 Å². The van der Waals surface area contributed by atoms with Gasteiger partial charge in [0.15, 0.2) is 0 Å². The molecule has 10 rings (SSSR count). The summed E-state index contributed by atoms with van der Waals surface area (Å²) in [6.07, 6.45) is 0. The van der Waals surface area contributed by atoms with Crippen LogP contribution in [0.15, 0.2) is 180 Å². The van der Waals surface area contributed by atoms with Gasteiger partial charge in [-0.1, -0.05) is 109 Å². The van der Waals surface area contributed by atoms with Crippen LogP contribution in [0.1, 0.15) is 0 Å². The van der Waals surface area contributed by atoms with Crippen LogP contribution < -0.4 is 4.90 Å². The van der Waals surface area contributed by atoms with Gasteiger partial charge in [0, 0.05) is 42.3 Å². The Kier molecular flexibility index (Phi) is 6.39. The van der Waals surface area contributed by atoms with E-state index in [1.807, 2.05) is 23.5 Å². The van der Waals surface area contributed by atoms with Gasteiger partial charge in [-0.15, -0.1) is 11.3 Å². The minimum absolute atomic E-state index is 0.894. The van der Waals surface area contributed by atoms with Crippen LogP contribution in [-0.2, 0) is 0 Å². The highest BCUT2D eigenvalue weighted by atomic mass is 32.1. The van der Waals surface area contributed by atoms with E-state index in [1.54, 1.807) is 0 Å². The van der Waals surface area contributed by atoms with E-state index >= 15 is 0 Å². The molecule has 2 heterocycles. The molecule has 0 spiro atoms. The third-order valence-corrected chi connectivity index (χ3v) is 10.8. The SMILES string of the molecule is c1cc(-c2ccc(N(c3ccc4oc5ccccc5c4c3)c3cccc4sc5ccccc5c34)cc2)cc(-c2ccc3ccccc3c2)c1. The van der Waals surface area contributed by atoms with Crippen molar-refractivity contribution in [2.75, 3.05) is 4.90 Å². The van der Waals surface area contributed by atoms with E-state index in [0.717, 1.165) is 39.0 Å². The number of para-hydroxylation sites is 1. The lowest BCUT2D eigenvalue weighted by atomic mass is 9.97. The number of furan rings is 1. The van der Waals surface area contributed by atoms with Crippen LogP contribution in [0.4, 0.5) is 17.1 Å². The third kappa shape index (κ3) is 4.70. The molecule has 49 heavy (non-hydrogen) atoms. The molecule has 10 aromatic rings. The molecule has 2 nitrogen and oxygen atoms in total. The van der Waals surface area contributed by atoms with Gasteiger partial charge in [-0.25, -0.2) is 0 Å². The summed E-state index contributed by atoms with van der Waals surface area (Å²) in [5, 5.41) is 7.30. The lowest BCUT2D eigenvalue weighted by molar-refractivity contribution is 0.669. The summed E-state index contributed by atoms with van der Waals surface area (Å²) in [7, 11) is 0. The Morgan fingerprint density at radius 1 is 0.388 bits per heavy atom. The number of rotatable bonds is 5. The molecule has 0 atom stereocenters. The number of fused-ring (bicyclic) bond motifs is 7. The molecule has 8 aromatic carbocycles. The first-order valence-corrected chi connectivity index (χ1v) is 17.4. The predicted octanol–water partition coefficient (Wildman–Crippen LogP) is 13.9. The predicted molar refractivity (Wildman–Crippen MR) is 210 cm³/mol. The van der Waals surface area contributed by atoms with Gasteiger partial charge < -0.3 is 9.32 Å². The maximum absolute atomic E-state index is 6.22. The average Bonchev–Trinajstić information content (AvgIpc) is 3.74. The Morgan fingerprint density at radius 3 is 1.94 bits per heavy atom. The van der Waals surface area contributed by atoms with Crippen molar-refractivity contribution >= 4 is 81.3 Å². The van der Waals surface area contributed by atoms with Crippen molar-refractivity contribution in [1.82, 2.24) is 0 Å². The summed E-state index contributed by atoms with van der Waals surface area (Å²) in [5.74, 6) is 0. The normalized spacial score (nSPS) is 11.7. The van der Waals surface area contributed by atoms with E-state index in [9.17, 15) is 0 Å². The van der Waals surface area contributed by atoms with Crippen molar-refractivity contribution in [1.29, 1.82) is 0 Å². The number of anilines is 3. The number of benzene rings is 8. The van der Waals surface area contributed by atoms with Crippen LogP contribution >= 0.6 is 11.3 Å². The van der Waals surface area contributed by atoms with Crippen molar-refractivity contribution in [2.45, 2.75) is 0 Å². The lowest BCUT2D eigenvalue weighted by Gasteiger charge is -2.27. The van der Waals surface area contributed by atoms with Crippen LogP contribution in [0.3, 0.4) is 0 Å². The smallest absolute Gasteiger partial charge is 0.135 e. The van der Waals surface area contributed by atoms with Gasteiger partial charge in [-0.2, -0.15) is 0 Å². The zero-order chi connectivity index (χ0) is 32.3. The number of hydrogen-bond donors (Lipinski definition) is 0. The molecule has 0 aliphatic rings. The van der Waals surface area contributed by atoms with Crippen molar-refractivity contribution in [3.8, 4) is 22.3 Å². The van der Waals surface area contributed by atoms with Gasteiger partial charge in [0.25, 0.3) is 0 Å². The van der Waals surface area contributed by atoms with Crippen molar-refractivity contribution in [3.05, 3.63) is 176 Å². The average molecular weight is 644 g/mol. The lowest BCUT2D eigenvalue weighted by Crippen LogP contribution is -2.10. The highest BCUT2D eigenvalue weighted by Gasteiger charge is 2.20. The zero-order valence-corrected chi connectivity index (χ0v) is 27.3. The van der Waals surface area contributed by atoms with Gasteiger partial charge in [-0.3, -0.25) is 0 Å². The molecule has 0 bridgehead atoms. The summed E-state index contributed by atoms with van der Waals surface area (Å²) in [4.78, 5) is 2.40. The maximum atomic E-state index is 6.22. The van der Waals surface area contributed by atoms with Gasteiger partial charge >= 0.3 is 0 Å². The molecule has 0 N–H and O–H groups in total. The first-order chi connectivity index (χ1) is 24.3. The van der Waals surface area contributed by atoms with Crippen LogP contribution in [0.2, 0.25) is 0 Å². The molecule has 0 fully saturated rings. The summed E-state index contributed by atoms with van der Waals surface area (Å²) in [5.41, 5.74) is 9.97. The Morgan fingerprint density at radius 2 is 1.04 bits per heavy atom. The molecule has 0 aliphatic heterocycles. The molecule has 0 aliphatic carbocycles. The molecule has 0 amide bonds. The molecular formula is C46H29NOS. The van der Waals surface area contributed by atoms with Crippen LogP contribution in [0, 0.1) is 0 Å². The summed E-state index contributed by atoms with van der Waals surface area (Å²) in [6, 6.07) is 63.4. The second kappa shape index (κ2) is 11.2. The van der Waals surface area contributed by atoms with Gasteiger partial charge in [-0.05, 0) is 99.8 Å². The Balaban J connectivity index is 1.11. The number of thiophene rings is 1. The molecule has 2 aromatic heterocycles. The molecule has 0 unspecified atom stereocenters. The van der Waals surface area contributed by atoms with E-state index in [1.165, 1.54) is 53.2 Å². The first kappa shape index (κ1) is 27.9. The monoisotopic (exact) mass is 643 g/mol. The zero-order valence-electron chi connectivity index (χ0n) is 26.5. The quantitative estimate of drug-likeness (QED) is 0.186. The van der Waals surface area contributed by atoms with E-state index in [4.69, 9.17) is 4.42 Å². The molecular weight excluding hydrogens is 615 g/mol. The second-order valence-corrected chi connectivity index (χ2v) is 13.6. The fourth-order valence-corrected chi connectivity index (χ4v) is 8.40. The first-order valence-electron chi connectivity index (χ1n) is 16.6. The number of hydrogen-bond acceptors (Lipinski definition) is 3. The van der Waals surface area contributed by atoms with Gasteiger partial charge in [0.05, 0.1) is 5.69 Å². The van der Waals surface area contributed by atoms with Crippen molar-refractivity contribution < 1.29 is 4.42 Å². The Labute approximate surface area is 287 Å². The highest BCUT2D eigenvalue weighted by molar-refractivity contribution is 7.26. The minimum atomic E-state index is 0.894. The summed E-state index contributed by atoms with van der Waals surface area (Å²) in [6.45, 7) is 0. The summed E-state index contributed by atoms with van der Waals surface area (Å²) >= 11 is 1.85. The minimum Gasteiger partial charge on any atom is -0.456 e. The Hall–Kier alpha value is -6.16. The van der Waals surface area contributed by atoms with E-state index in [-0.39, 0.29) is 0 Å². The van der Waals surface area contributed by atoms with Gasteiger partial charge in [0.1, 0.15) is 11.2 Å². The van der Waals surface area contributed by atoms with E-state index < -0.39 is 0 Å². The maximum Gasteiger partial charge on any atom is 0.135 e. The highest BCUT2D eigenvalue weighted by Crippen LogP contribution is 2.46. The topological polar surface area (TPSA) is 16.4 Å². The van der Waals surface area contributed by atoms with E-state index in [0.29, 0.717) is 0 Å². The molecule has 0 saturated heterocycles. The van der Waals surface area contributed by atoms with Crippen LogP contribution in [0.25, 0.3) is 75.1 Å². The largest absolute Gasteiger partial charge is 0.456 e. The fraction of sp³-hybridized carbons (Fsp3) is 0. The van der Waals surface area contributed by atoms with Gasteiger partial charge in [0.2, 0.25) is 0 Å². The second-order valence-electron chi connectivity index (χ2n) is 12.6. The molecule has 0 saturated carbocycles. The van der Waals surface area contributed by atoms with Crippen LogP contribution in [0.5, 0.6) is 0 Å². The molecule has 3 heteroatoms. The van der Waals surface area contributed by atoms with Crippen LogP contribution in [-0.4, -0.2) is 0 Å². The number of nitrogens with zero attached hydrogens (tertiary/aromatic N) is 1. The Bertz CT molecular complexity index is 2840.